The van der Waals surface area contributed by atoms with Gasteiger partial charge in [0.1, 0.15) is 23.3 Å². The summed E-state index contributed by atoms with van der Waals surface area (Å²) in [7, 11) is 0. The number of rotatable bonds is 10. The molecule has 1 aliphatic carbocycles. The number of Topliss-reactive ketones (excluding diaryl/α,β-unsaturated/α-hetero) is 1. The molecule has 44 heavy (non-hydrogen) atoms. The molecule has 1 fully saturated rings. The van der Waals surface area contributed by atoms with Crippen molar-refractivity contribution in [2.24, 2.45) is 0 Å². The van der Waals surface area contributed by atoms with Gasteiger partial charge in [-0.15, -0.1) is 0 Å². The summed E-state index contributed by atoms with van der Waals surface area (Å²) in [5.74, 6) is -0.387. The van der Waals surface area contributed by atoms with E-state index in [-0.39, 0.29) is 28.5 Å². The molecular weight excluding hydrogens is 579 g/mol. The van der Waals surface area contributed by atoms with Gasteiger partial charge in [0.25, 0.3) is 5.91 Å². The monoisotopic (exact) mass is 608 g/mol. The Morgan fingerprint density at radius 2 is 2.00 bits per heavy atom. The quantitative estimate of drug-likeness (QED) is 0.173. The summed E-state index contributed by atoms with van der Waals surface area (Å²) in [5.41, 5.74) is 5.60. The number of halogens is 2. The Bertz CT molecular complexity index is 1920. The predicted octanol–water partition coefficient (Wildman–Crippen LogP) is 6.93. The highest BCUT2D eigenvalue weighted by Crippen LogP contribution is 2.55. The number of aryl methyl sites for hydroxylation is 1. The maximum atomic E-state index is 14.4. The molecule has 0 bridgehead atoms. The lowest BCUT2D eigenvalue weighted by Crippen LogP contribution is -2.29. The molecule has 8 nitrogen and oxygen atoms in total. The number of benzene rings is 2. The summed E-state index contributed by atoms with van der Waals surface area (Å²) in [6, 6.07) is 18.6. The van der Waals surface area contributed by atoms with Crippen LogP contribution in [0.1, 0.15) is 93.0 Å². The molecule has 6 rings (SSSR count). The van der Waals surface area contributed by atoms with Gasteiger partial charge in [0.2, 0.25) is 0 Å². The van der Waals surface area contributed by atoms with Crippen molar-refractivity contribution in [2.45, 2.75) is 57.5 Å². The molecule has 10 heteroatoms. The van der Waals surface area contributed by atoms with E-state index < -0.39 is 17.8 Å². The Hall–Kier alpha value is -4.81. The minimum atomic E-state index is -0.697. The van der Waals surface area contributed by atoms with Crippen LogP contribution in [0.5, 0.6) is 0 Å². The molecule has 3 aromatic heterocycles. The van der Waals surface area contributed by atoms with Crippen LogP contribution in [0.3, 0.4) is 0 Å². The van der Waals surface area contributed by atoms with E-state index >= 15 is 0 Å². The minimum Gasteiger partial charge on any atom is -0.344 e. The van der Waals surface area contributed by atoms with E-state index in [2.05, 4.69) is 28.4 Å². The minimum absolute atomic E-state index is 0.000554. The number of nitrogens with one attached hydrogen (secondary N) is 1. The maximum absolute atomic E-state index is 14.4. The first-order chi connectivity index (χ1) is 21.3. The molecule has 1 amide bonds. The van der Waals surface area contributed by atoms with Crippen molar-refractivity contribution in [1.82, 2.24) is 24.5 Å². The smallest absolute Gasteiger partial charge is 0.268 e. The topological polar surface area (TPSA) is 105 Å². The Labute approximate surface area is 259 Å². The summed E-state index contributed by atoms with van der Waals surface area (Å²) < 4.78 is 17.9. The second kappa shape index (κ2) is 12.1. The number of imidazole rings is 1. The number of aromatic nitrogens is 4. The molecule has 1 aliphatic rings. The third-order valence-corrected chi connectivity index (χ3v) is 8.70. The van der Waals surface area contributed by atoms with Gasteiger partial charge < -0.3 is 9.88 Å². The summed E-state index contributed by atoms with van der Waals surface area (Å²) in [6.07, 6.45) is 5.29. The normalized spacial score (nSPS) is 16.4. The van der Waals surface area contributed by atoms with E-state index in [9.17, 15) is 19.2 Å². The number of carbonyl (C=O) groups excluding carboxylic acids is 2. The van der Waals surface area contributed by atoms with Crippen molar-refractivity contribution in [1.29, 1.82) is 5.26 Å². The lowest BCUT2D eigenvalue weighted by atomic mass is 9.96. The summed E-state index contributed by atoms with van der Waals surface area (Å²) in [4.78, 5) is 30.9. The van der Waals surface area contributed by atoms with Gasteiger partial charge in [0, 0.05) is 41.2 Å². The van der Waals surface area contributed by atoms with Gasteiger partial charge >= 0.3 is 0 Å². The fraction of sp³-hybridized carbons (Fsp3) is 0.265. The zero-order valence-electron chi connectivity index (χ0n) is 24.3. The van der Waals surface area contributed by atoms with Gasteiger partial charge in [0.05, 0.1) is 17.9 Å². The van der Waals surface area contributed by atoms with Gasteiger partial charge in [-0.25, -0.2) is 13.9 Å². The lowest BCUT2D eigenvalue weighted by molar-refractivity contribution is 0.0929. The highest BCUT2D eigenvalue weighted by molar-refractivity contribution is 6.31. The maximum Gasteiger partial charge on any atom is 0.268 e. The second-order valence-electron chi connectivity index (χ2n) is 11.2. The molecule has 0 aliphatic heterocycles. The van der Waals surface area contributed by atoms with Crippen LogP contribution in [0.15, 0.2) is 73.1 Å². The molecule has 3 heterocycles. The molecule has 0 saturated heterocycles. The zero-order valence-corrected chi connectivity index (χ0v) is 25.1. The van der Waals surface area contributed by atoms with Crippen LogP contribution >= 0.6 is 11.6 Å². The van der Waals surface area contributed by atoms with Crippen molar-refractivity contribution in [2.75, 3.05) is 0 Å². The first kappa shape index (κ1) is 29.3. The number of nitrogens with zero attached hydrogens (tertiary/aromatic N) is 5. The number of hydrogen-bond acceptors (Lipinski definition) is 5. The van der Waals surface area contributed by atoms with Crippen LogP contribution < -0.4 is 5.32 Å². The Morgan fingerprint density at radius 1 is 1.16 bits per heavy atom. The zero-order chi connectivity index (χ0) is 31.0. The number of fused-ring (bicyclic) bond motifs is 1. The molecule has 3 atom stereocenters. The number of ketones is 1. The second-order valence-corrected chi connectivity index (χ2v) is 11.6. The number of carbonyl (C=O) groups is 2. The van der Waals surface area contributed by atoms with Crippen LogP contribution in [0.2, 0.25) is 5.02 Å². The first-order valence-electron chi connectivity index (χ1n) is 14.5. The number of hydrogen-bond donors (Lipinski definition) is 1. The van der Waals surface area contributed by atoms with Crippen molar-refractivity contribution in [3.8, 4) is 6.07 Å². The fourth-order valence-corrected chi connectivity index (χ4v) is 6.32. The number of amides is 1. The van der Waals surface area contributed by atoms with E-state index in [0.29, 0.717) is 36.1 Å². The Morgan fingerprint density at radius 3 is 2.80 bits per heavy atom. The molecule has 5 aromatic rings. The fourth-order valence-electron chi connectivity index (χ4n) is 5.99. The summed E-state index contributed by atoms with van der Waals surface area (Å²) >= 11 is 6.17. The average molecular weight is 609 g/mol. The summed E-state index contributed by atoms with van der Waals surface area (Å²) in [6.45, 7) is 4.01. The van der Waals surface area contributed by atoms with Crippen LogP contribution in [0.25, 0.3) is 5.65 Å². The highest BCUT2D eigenvalue weighted by Gasteiger charge is 2.42. The van der Waals surface area contributed by atoms with Crippen molar-refractivity contribution in [3.63, 3.8) is 0 Å². The third-order valence-electron chi connectivity index (χ3n) is 8.37. The Balaban J connectivity index is 1.11. The average Bonchev–Trinajstić information content (AvgIpc) is 3.48. The lowest BCUT2D eigenvalue weighted by Gasteiger charge is -2.17. The van der Waals surface area contributed by atoms with Crippen molar-refractivity contribution < 1.29 is 14.0 Å². The summed E-state index contributed by atoms with van der Waals surface area (Å²) in [5, 5.41) is 17.1. The van der Waals surface area contributed by atoms with Gasteiger partial charge in [-0.1, -0.05) is 29.8 Å². The van der Waals surface area contributed by atoms with Crippen LogP contribution in [-0.4, -0.2) is 30.9 Å². The van der Waals surface area contributed by atoms with E-state index in [1.165, 1.54) is 12.1 Å². The molecule has 2 aromatic carbocycles. The highest BCUT2D eigenvalue weighted by atomic mass is 35.5. The van der Waals surface area contributed by atoms with Gasteiger partial charge in [0.15, 0.2) is 11.4 Å². The van der Waals surface area contributed by atoms with Gasteiger partial charge in [-0.05, 0) is 86.2 Å². The molecule has 0 unspecified atom stereocenters. The first-order valence-corrected chi connectivity index (χ1v) is 14.9. The predicted molar refractivity (Wildman–Crippen MR) is 164 cm³/mol. The van der Waals surface area contributed by atoms with Crippen LogP contribution in [0, 0.1) is 24.1 Å². The van der Waals surface area contributed by atoms with E-state index in [0.717, 1.165) is 28.9 Å². The molecule has 1 saturated carbocycles. The van der Waals surface area contributed by atoms with E-state index in [4.69, 9.17) is 11.6 Å². The van der Waals surface area contributed by atoms with Crippen molar-refractivity contribution >= 4 is 28.9 Å². The van der Waals surface area contributed by atoms with Crippen LogP contribution in [-0.2, 0) is 6.54 Å². The Kier molecular flexibility index (Phi) is 8.02. The number of nitriles is 1. The molecule has 222 valence electrons. The van der Waals surface area contributed by atoms with Crippen LogP contribution in [0.4, 0.5) is 4.39 Å². The van der Waals surface area contributed by atoms with Gasteiger partial charge in [-0.2, -0.15) is 10.4 Å². The van der Waals surface area contributed by atoms with Gasteiger partial charge in [-0.3, -0.25) is 9.59 Å². The van der Waals surface area contributed by atoms with E-state index in [1.54, 1.807) is 35.9 Å². The third kappa shape index (κ3) is 5.61. The standard InChI is InChI=1S/C34H30ClFN6O2/c1-20-10-11-22(16-24(20)25-17-26(25)30-19-38-32-9-4-14-39-42(30)32)31(43)8-5-15-41-23(18-37)12-13-29(41)34(44)40-21(2)33-27(35)6-3-7-28(33)36/h3-4,6-7,9-14,16,19,21,25-26H,5,8,15,17H2,1-2H3,(H,40,44)/t21-,25+,26-/m0/s1. The molecule has 1 N–H and O–H groups in total. The largest absolute Gasteiger partial charge is 0.344 e. The SMILES string of the molecule is Cc1ccc(C(=O)CCCn2c(C#N)ccc2C(=O)N[C@@H](C)c2c(F)cccc2Cl)cc1[C@H]1C[C@@H]1c1cnc2cccnn12. The van der Waals surface area contributed by atoms with Crippen molar-refractivity contribution in [3.05, 3.63) is 123 Å². The molecule has 0 spiro atoms. The van der Waals surface area contributed by atoms with E-state index in [1.807, 2.05) is 41.0 Å². The molecular formula is C34H30ClFN6O2. The molecule has 0 radical (unpaired) electrons.